The molecular formula is C14H11Br2NO3. The molecule has 0 aliphatic rings. The van der Waals surface area contributed by atoms with Crippen LogP contribution in [0, 0.1) is 0 Å². The van der Waals surface area contributed by atoms with Crippen LogP contribution in [0.15, 0.2) is 48.9 Å². The second-order valence-electron chi connectivity index (χ2n) is 3.80. The van der Waals surface area contributed by atoms with Crippen LogP contribution in [0.2, 0.25) is 0 Å². The Labute approximate surface area is 133 Å². The Morgan fingerprint density at radius 1 is 1.35 bits per heavy atom. The molecule has 2 aromatic rings. The Morgan fingerprint density at radius 3 is 2.60 bits per heavy atom. The third kappa shape index (κ3) is 3.80. The molecule has 0 radical (unpaired) electrons. The third-order valence-electron chi connectivity index (χ3n) is 2.38. The molecule has 0 bridgehead atoms. The number of halogens is 2. The summed E-state index contributed by atoms with van der Waals surface area (Å²) in [5, 5.41) is 0. The van der Waals surface area contributed by atoms with Crippen molar-refractivity contribution in [3.05, 3.63) is 50.8 Å². The van der Waals surface area contributed by atoms with Crippen LogP contribution >= 0.6 is 31.9 Å². The predicted molar refractivity (Wildman–Crippen MR) is 83.8 cm³/mol. The molecule has 1 aromatic heterocycles. The topological polar surface area (TPSA) is 51.8 Å². The Balaban J connectivity index is 2.08. The van der Waals surface area contributed by atoms with Crippen molar-refractivity contribution in [2.75, 3.05) is 6.61 Å². The van der Waals surface area contributed by atoms with Gasteiger partial charge in [-0.1, -0.05) is 0 Å². The summed E-state index contributed by atoms with van der Waals surface area (Å²) in [5.74, 6) is 0.292. The number of furan rings is 1. The molecule has 0 N–H and O–H groups in total. The van der Waals surface area contributed by atoms with Crippen molar-refractivity contribution >= 4 is 49.7 Å². The van der Waals surface area contributed by atoms with E-state index in [1.807, 2.05) is 0 Å². The lowest BCUT2D eigenvalue weighted by Gasteiger charge is -2.01. The average molecular weight is 401 g/mol. The lowest BCUT2D eigenvalue weighted by atomic mass is 10.2. The predicted octanol–water partition coefficient (Wildman–Crippen LogP) is 4.73. The smallest absolute Gasteiger partial charge is 0.338 e. The zero-order valence-electron chi connectivity index (χ0n) is 10.6. The van der Waals surface area contributed by atoms with Gasteiger partial charge >= 0.3 is 5.97 Å². The van der Waals surface area contributed by atoms with Gasteiger partial charge in [0.1, 0.15) is 5.76 Å². The Kier molecular flexibility index (Phi) is 5.14. The second-order valence-corrected chi connectivity index (χ2v) is 5.37. The third-order valence-corrected chi connectivity index (χ3v) is 4.09. The van der Waals surface area contributed by atoms with Crippen LogP contribution in [0.1, 0.15) is 23.0 Å². The number of carbonyl (C=O) groups is 1. The quantitative estimate of drug-likeness (QED) is 0.550. The maximum absolute atomic E-state index is 11.5. The fraction of sp³-hybridized carbons (Fsp3) is 0.143. The summed E-state index contributed by atoms with van der Waals surface area (Å²) in [6.07, 6.45) is 1.61. The van der Waals surface area contributed by atoms with Crippen LogP contribution in [0.25, 0.3) is 0 Å². The number of benzene rings is 1. The van der Waals surface area contributed by atoms with E-state index in [0.29, 0.717) is 22.6 Å². The number of carbonyl (C=O) groups excluding carboxylic acids is 1. The lowest BCUT2D eigenvalue weighted by molar-refractivity contribution is 0.0526. The number of rotatable bonds is 4. The minimum absolute atomic E-state index is 0.332. The van der Waals surface area contributed by atoms with Gasteiger partial charge in [-0.3, -0.25) is 4.99 Å². The summed E-state index contributed by atoms with van der Waals surface area (Å²) in [7, 11) is 0. The molecule has 0 saturated carbocycles. The van der Waals surface area contributed by atoms with Crippen LogP contribution in [0.5, 0.6) is 0 Å². The van der Waals surface area contributed by atoms with Gasteiger partial charge in [0.25, 0.3) is 0 Å². The number of esters is 1. The van der Waals surface area contributed by atoms with Crippen LogP contribution in [-0.2, 0) is 4.74 Å². The maximum atomic E-state index is 11.5. The summed E-state index contributed by atoms with van der Waals surface area (Å²) < 4.78 is 11.7. The largest absolute Gasteiger partial charge is 0.462 e. The molecule has 0 aliphatic carbocycles. The molecule has 20 heavy (non-hydrogen) atoms. The van der Waals surface area contributed by atoms with Crippen molar-refractivity contribution in [3.8, 4) is 0 Å². The van der Waals surface area contributed by atoms with Crippen LogP contribution in [-0.4, -0.2) is 18.8 Å². The normalized spacial score (nSPS) is 10.9. The van der Waals surface area contributed by atoms with Crippen molar-refractivity contribution in [1.82, 2.24) is 0 Å². The highest BCUT2D eigenvalue weighted by molar-refractivity contribution is 9.13. The van der Waals surface area contributed by atoms with Crippen LogP contribution in [0.3, 0.4) is 0 Å². The van der Waals surface area contributed by atoms with Gasteiger partial charge in [0.2, 0.25) is 0 Å². The molecular weight excluding hydrogens is 390 g/mol. The first-order chi connectivity index (χ1) is 9.60. The minimum Gasteiger partial charge on any atom is -0.462 e. The van der Waals surface area contributed by atoms with Gasteiger partial charge < -0.3 is 9.15 Å². The number of nitrogens with zero attached hydrogens (tertiary/aromatic N) is 1. The van der Waals surface area contributed by atoms with Gasteiger partial charge in [0.15, 0.2) is 4.67 Å². The van der Waals surface area contributed by atoms with E-state index < -0.39 is 0 Å². The fourth-order valence-corrected chi connectivity index (χ4v) is 2.07. The average Bonchev–Trinajstić information content (AvgIpc) is 2.76. The lowest BCUT2D eigenvalue weighted by Crippen LogP contribution is -2.03. The van der Waals surface area contributed by atoms with Crippen molar-refractivity contribution < 1.29 is 13.9 Å². The zero-order valence-corrected chi connectivity index (χ0v) is 13.8. The summed E-state index contributed by atoms with van der Waals surface area (Å²) in [4.78, 5) is 15.8. The number of hydrogen-bond donors (Lipinski definition) is 0. The summed E-state index contributed by atoms with van der Waals surface area (Å²) >= 11 is 6.58. The molecule has 2 rings (SSSR count). The first-order valence-electron chi connectivity index (χ1n) is 5.86. The molecule has 0 spiro atoms. The molecule has 4 nitrogen and oxygen atoms in total. The van der Waals surface area contributed by atoms with E-state index in [9.17, 15) is 4.79 Å². The molecule has 0 atom stereocenters. The minimum atomic E-state index is -0.332. The SMILES string of the molecule is CCOC(=O)c1ccc(N=Cc2cc(Br)c(Br)o2)cc1. The number of ether oxygens (including phenoxy) is 1. The molecule has 1 aromatic carbocycles. The molecule has 0 unspecified atom stereocenters. The summed E-state index contributed by atoms with van der Waals surface area (Å²) in [6.45, 7) is 2.14. The molecule has 104 valence electrons. The monoisotopic (exact) mass is 399 g/mol. The van der Waals surface area contributed by atoms with Gasteiger partial charge in [-0.05, 0) is 63.0 Å². The Bertz CT molecular complexity index is 613. The van der Waals surface area contributed by atoms with Crippen LogP contribution < -0.4 is 0 Å². The van der Waals surface area contributed by atoms with E-state index in [1.54, 1.807) is 43.5 Å². The van der Waals surface area contributed by atoms with Gasteiger partial charge in [-0.15, -0.1) is 0 Å². The van der Waals surface area contributed by atoms with Gasteiger partial charge in [-0.25, -0.2) is 4.79 Å². The molecule has 0 aliphatic heterocycles. The highest BCUT2D eigenvalue weighted by Gasteiger charge is 2.06. The van der Waals surface area contributed by atoms with Gasteiger partial charge in [-0.2, -0.15) is 0 Å². The van der Waals surface area contributed by atoms with Crippen molar-refractivity contribution in [1.29, 1.82) is 0 Å². The first kappa shape index (κ1) is 15.0. The molecule has 0 amide bonds. The second kappa shape index (κ2) is 6.85. The van der Waals surface area contributed by atoms with E-state index in [-0.39, 0.29) is 5.97 Å². The molecule has 1 heterocycles. The summed E-state index contributed by atoms with van der Waals surface area (Å²) in [6, 6.07) is 8.66. The highest BCUT2D eigenvalue weighted by atomic mass is 79.9. The first-order valence-corrected chi connectivity index (χ1v) is 7.45. The van der Waals surface area contributed by atoms with E-state index in [0.717, 1.165) is 10.2 Å². The van der Waals surface area contributed by atoms with Gasteiger partial charge in [0, 0.05) is 6.07 Å². The van der Waals surface area contributed by atoms with Gasteiger partial charge in [0.05, 0.1) is 28.5 Å². The van der Waals surface area contributed by atoms with E-state index in [4.69, 9.17) is 9.15 Å². The number of hydrogen-bond acceptors (Lipinski definition) is 4. The molecule has 6 heteroatoms. The van der Waals surface area contributed by atoms with Crippen molar-refractivity contribution in [3.63, 3.8) is 0 Å². The molecule has 0 fully saturated rings. The number of aliphatic imine (C=N–C) groups is 1. The van der Waals surface area contributed by atoms with E-state index >= 15 is 0 Å². The Hall–Kier alpha value is -1.40. The Morgan fingerprint density at radius 2 is 2.05 bits per heavy atom. The van der Waals surface area contributed by atoms with Crippen molar-refractivity contribution in [2.24, 2.45) is 4.99 Å². The fourth-order valence-electron chi connectivity index (χ4n) is 1.46. The zero-order chi connectivity index (χ0) is 14.5. The molecule has 0 saturated heterocycles. The van der Waals surface area contributed by atoms with Crippen LogP contribution in [0.4, 0.5) is 5.69 Å². The van der Waals surface area contributed by atoms with E-state index in [1.165, 1.54) is 0 Å². The van der Waals surface area contributed by atoms with Crippen molar-refractivity contribution in [2.45, 2.75) is 6.92 Å². The highest BCUT2D eigenvalue weighted by Crippen LogP contribution is 2.26. The summed E-state index contributed by atoms with van der Waals surface area (Å²) in [5.41, 5.74) is 1.23. The maximum Gasteiger partial charge on any atom is 0.338 e. The standard InChI is InChI=1S/C14H11Br2NO3/c1-2-19-14(18)9-3-5-10(6-4-9)17-8-11-7-12(15)13(16)20-11/h3-8H,2H2,1H3. The van der Waals surface area contributed by atoms with E-state index in [2.05, 4.69) is 36.9 Å².